The van der Waals surface area contributed by atoms with Crippen LogP contribution >= 0.6 is 0 Å². The van der Waals surface area contributed by atoms with Gasteiger partial charge < -0.3 is 9.29 Å². The highest BCUT2D eigenvalue weighted by Crippen LogP contribution is 2.62. The monoisotopic (exact) mass is 461 g/mol. The molecule has 0 spiro atoms. The highest BCUT2D eigenvalue weighted by molar-refractivity contribution is 7.78. The molecule has 178 valence electrons. The van der Waals surface area contributed by atoms with Gasteiger partial charge in [-0.1, -0.05) is 58.9 Å². The molecule has 3 aliphatic carbocycles. The summed E-state index contributed by atoms with van der Waals surface area (Å²) in [5.74, 6) is 1.53. The van der Waals surface area contributed by atoms with E-state index in [1.54, 1.807) is 0 Å². The van der Waals surface area contributed by atoms with Crippen LogP contribution in [-0.4, -0.2) is 21.3 Å². The normalized spacial score (nSPS) is 27.7. The number of fused-ring (bicyclic) bond motifs is 2. The minimum absolute atomic E-state index is 0.0697. The standard InChI is InChI=1S/C26H39NO4S/c1-25(2,3)18-12-14-20(15-13-18)31-32(30)27-23-17-19-16-22(26(19,4)5)21(23)10-8-6-7-9-11-24(28)29/h6,8,12-15,19,21-23,27H,7,9-11,16-17H2,1-5H3,(H,28,29)/t19-,21?,22+,23?,32?/m1/s1. The molecule has 3 aliphatic rings. The van der Waals surface area contributed by atoms with Gasteiger partial charge in [0, 0.05) is 12.5 Å². The first kappa shape index (κ1) is 25.0. The molecule has 0 aromatic heterocycles. The lowest BCUT2D eigenvalue weighted by Crippen LogP contribution is -2.61. The van der Waals surface area contributed by atoms with Crippen LogP contribution < -0.4 is 8.91 Å². The third kappa shape index (κ3) is 6.02. The van der Waals surface area contributed by atoms with Crippen molar-refractivity contribution in [3.05, 3.63) is 42.0 Å². The van der Waals surface area contributed by atoms with Gasteiger partial charge in [-0.3, -0.25) is 4.79 Å². The number of carboxylic acid groups (broad SMARTS) is 1. The molecule has 3 fully saturated rings. The van der Waals surface area contributed by atoms with Gasteiger partial charge in [-0.15, -0.1) is 0 Å². The van der Waals surface area contributed by atoms with E-state index in [1.165, 1.54) is 12.0 Å². The number of hydrogen-bond donors (Lipinski definition) is 2. The second-order valence-corrected chi connectivity index (χ2v) is 11.9. The van der Waals surface area contributed by atoms with Crippen molar-refractivity contribution in [2.24, 2.45) is 23.2 Å². The van der Waals surface area contributed by atoms with Crippen molar-refractivity contribution in [2.45, 2.75) is 84.6 Å². The maximum absolute atomic E-state index is 12.8. The Balaban J connectivity index is 1.57. The van der Waals surface area contributed by atoms with E-state index >= 15 is 0 Å². The topological polar surface area (TPSA) is 75.6 Å². The molecule has 0 heterocycles. The first-order valence-electron chi connectivity index (χ1n) is 11.8. The van der Waals surface area contributed by atoms with E-state index in [1.807, 2.05) is 24.3 Å². The Morgan fingerprint density at radius 2 is 1.91 bits per heavy atom. The molecular weight excluding hydrogens is 422 g/mol. The number of allylic oxidation sites excluding steroid dienone is 2. The van der Waals surface area contributed by atoms with E-state index in [0.29, 0.717) is 35.3 Å². The zero-order valence-corrected chi connectivity index (χ0v) is 20.9. The molecule has 2 bridgehead atoms. The van der Waals surface area contributed by atoms with Gasteiger partial charge in [-0.25, -0.2) is 4.72 Å². The predicted molar refractivity (Wildman–Crippen MR) is 130 cm³/mol. The van der Waals surface area contributed by atoms with E-state index in [4.69, 9.17) is 9.29 Å². The highest BCUT2D eigenvalue weighted by Gasteiger charge is 2.57. The fraction of sp³-hybridized carbons (Fsp3) is 0.654. The molecule has 1 aromatic carbocycles. The minimum Gasteiger partial charge on any atom is -0.481 e. The lowest BCUT2D eigenvalue weighted by molar-refractivity contribution is -0.137. The van der Waals surface area contributed by atoms with Crippen LogP contribution in [0.1, 0.15) is 78.7 Å². The van der Waals surface area contributed by atoms with Crippen LogP contribution in [0.15, 0.2) is 36.4 Å². The Bertz CT molecular complexity index is 840. The third-order valence-electron chi connectivity index (χ3n) is 7.59. The fourth-order valence-electron chi connectivity index (χ4n) is 5.40. The van der Waals surface area contributed by atoms with E-state index in [0.717, 1.165) is 19.3 Å². The summed E-state index contributed by atoms with van der Waals surface area (Å²) in [6.45, 7) is 11.2. The summed E-state index contributed by atoms with van der Waals surface area (Å²) < 4.78 is 21.7. The summed E-state index contributed by atoms with van der Waals surface area (Å²) in [6, 6.07) is 7.99. The molecule has 3 saturated carbocycles. The maximum Gasteiger partial charge on any atom is 0.303 e. The van der Waals surface area contributed by atoms with Gasteiger partial charge in [0.25, 0.3) is 11.3 Å². The zero-order chi connectivity index (χ0) is 23.5. The van der Waals surface area contributed by atoms with Crippen molar-refractivity contribution >= 4 is 17.2 Å². The second-order valence-electron chi connectivity index (χ2n) is 11.1. The number of aliphatic carboxylic acids is 1. The van der Waals surface area contributed by atoms with Crippen molar-refractivity contribution in [2.75, 3.05) is 0 Å². The van der Waals surface area contributed by atoms with Crippen molar-refractivity contribution in [1.29, 1.82) is 0 Å². The van der Waals surface area contributed by atoms with Gasteiger partial charge >= 0.3 is 5.97 Å². The molecule has 2 N–H and O–H groups in total. The fourth-order valence-corrected chi connectivity index (χ4v) is 6.25. The molecule has 5 nitrogen and oxygen atoms in total. The zero-order valence-electron chi connectivity index (χ0n) is 20.1. The molecule has 0 amide bonds. The predicted octanol–water partition coefficient (Wildman–Crippen LogP) is 5.78. The number of carboxylic acids is 1. The van der Waals surface area contributed by atoms with Gasteiger partial charge in [0.1, 0.15) is 5.75 Å². The minimum atomic E-state index is -1.59. The Labute approximate surface area is 195 Å². The van der Waals surface area contributed by atoms with Crippen LogP contribution in [0.4, 0.5) is 0 Å². The SMILES string of the molecule is CC(C)(C)c1ccc(OS(=O)NC2C[C@H]3C[C@@H](C2CC=CCCCC(=O)O)C3(C)C)cc1. The smallest absolute Gasteiger partial charge is 0.303 e. The molecular formula is C26H39NO4S. The first-order chi connectivity index (χ1) is 15.0. The molecule has 32 heavy (non-hydrogen) atoms. The Kier molecular flexibility index (Phi) is 7.87. The lowest BCUT2D eigenvalue weighted by atomic mass is 9.44. The van der Waals surface area contributed by atoms with Crippen LogP contribution in [-0.2, 0) is 21.5 Å². The molecule has 0 aliphatic heterocycles. The Hall–Kier alpha value is -1.66. The molecule has 3 unspecified atom stereocenters. The quantitative estimate of drug-likeness (QED) is 0.342. The summed E-state index contributed by atoms with van der Waals surface area (Å²) in [6.07, 6.45) is 9.12. The largest absolute Gasteiger partial charge is 0.481 e. The number of benzene rings is 1. The molecule has 5 atom stereocenters. The van der Waals surface area contributed by atoms with Crippen LogP contribution in [0.3, 0.4) is 0 Å². The van der Waals surface area contributed by atoms with E-state index in [2.05, 4.69) is 51.5 Å². The molecule has 0 radical (unpaired) electrons. The van der Waals surface area contributed by atoms with Crippen LogP contribution in [0, 0.1) is 23.2 Å². The van der Waals surface area contributed by atoms with Gasteiger partial charge in [-0.2, -0.15) is 4.21 Å². The summed E-state index contributed by atoms with van der Waals surface area (Å²) in [4.78, 5) is 10.7. The molecule has 6 heteroatoms. The number of rotatable bonds is 10. The first-order valence-corrected chi connectivity index (χ1v) is 12.9. The van der Waals surface area contributed by atoms with Gasteiger partial charge in [0.15, 0.2) is 0 Å². The van der Waals surface area contributed by atoms with E-state index in [9.17, 15) is 9.00 Å². The Morgan fingerprint density at radius 1 is 1.22 bits per heavy atom. The molecule has 0 saturated heterocycles. The molecule has 1 aromatic rings. The van der Waals surface area contributed by atoms with Crippen molar-refractivity contribution in [3.63, 3.8) is 0 Å². The maximum atomic E-state index is 12.8. The van der Waals surface area contributed by atoms with Crippen LogP contribution in [0.25, 0.3) is 0 Å². The lowest BCUT2D eigenvalue weighted by Gasteiger charge is -2.62. The second kappa shape index (κ2) is 10.1. The number of unbranched alkanes of at least 4 members (excludes halogenated alkanes) is 1. The van der Waals surface area contributed by atoms with Gasteiger partial charge in [-0.05, 0) is 78.4 Å². The average molecular weight is 462 g/mol. The number of nitrogens with one attached hydrogen (secondary N) is 1. The summed E-state index contributed by atoms with van der Waals surface area (Å²) in [5, 5.41) is 8.77. The third-order valence-corrected chi connectivity index (χ3v) is 8.43. The van der Waals surface area contributed by atoms with Crippen molar-refractivity contribution < 1.29 is 18.3 Å². The number of carbonyl (C=O) groups is 1. The van der Waals surface area contributed by atoms with E-state index in [-0.39, 0.29) is 17.9 Å². The van der Waals surface area contributed by atoms with Crippen molar-refractivity contribution in [1.82, 2.24) is 4.72 Å². The van der Waals surface area contributed by atoms with Gasteiger partial charge in [0.2, 0.25) is 0 Å². The van der Waals surface area contributed by atoms with Crippen LogP contribution in [0.2, 0.25) is 0 Å². The molecule has 4 rings (SSSR count). The summed E-state index contributed by atoms with van der Waals surface area (Å²) >= 11 is -1.59. The number of hydrogen-bond acceptors (Lipinski definition) is 3. The van der Waals surface area contributed by atoms with E-state index < -0.39 is 17.2 Å². The van der Waals surface area contributed by atoms with Crippen LogP contribution in [0.5, 0.6) is 5.75 Å². The average Bonchev–Trinajstić information content (AvgIpc) is 2.70. The van der Waals surface area contributed by atoms with Crippen molar-refractivity contribution in [3.8, 4) is 5.75 Å². The summed E-state index contributed by atoms with van der Waals surface area (Å²) in [7, 11) is 0. The summed E-state index contributed by atoms with van der Waals surface area (Å²) in [5.41, 5.74) is 1.61. The highest BCUT2D eigenvalue weighted by atomic mass is 32.2. The Morgan fingerprint density at radius 3 is 2.50 bits per heavy atom. The van der Waals surface area contributed by atoms with Gasteiger partial charge in [0.05, 0.1) is 0 Å².